The molecule has 0 N–H and O–H groups in total. The molecule has 1 rings (SSSR count). The van der Waals surface area contributed by atoms with E-state index in [0.717, 1.165) is 52.3 Å². The molecule has 1 atom stereocenters. The second-order valence-electron chi connectivity index (χ2n) is 4.80. The molecule has 2 radical (unpaired) electrons. The van der Waals surface area contributed by atoms with E-state index in [9.17, 15) is 0 Å². The molecule has 0 aromatic rings. The van der Waals surface area contributed by atoms with Gasteiger partial charge in [0.2, 0.25) is 0 Å². The van der Waals surface area contributed by atoms with Crippen molar-refractivity contribution in [2.45, 2.75) is 32.5 Å². The Hall–Kier alpha value is -0.0951. The summed E-state index contributed by atoms with van der Waals surface area (Å²) in [5.74, 6) is 0.384. The van der Waals surface area contributed by atoms with Gasteiger partial charge in [0.05, 0.1) is 34.3 Å². The molecule has 1 saturated heterocycles. The van der Waals surface area contributed by atoms with Crippen LogP contribution in [0.25, 0.3) is 0 Å². The average molecular weight is 271 g/mol. The van der Waals surface area contributed by atoms with Gasteiger partial charge < -0.3 is 14.2 Å². The van der Waals surface area contributed by atoms with Crippen molar-refractivity contribution in [2.75, 3.05) is 59.8 Å². The summed E-state index contributed by atoms with van der Waals surface area (Å²) in [5.41, 5.74) is 0. The van der Waals surface area contributed by atoms with E-state index in [-0.39, 0.29) is 0 Å². The smallest absolute Gasteiger partial charge is 0.0700 e. The molecule has 0 aromatic heterocycles. The zero-order chi connectivity index (χ0) is 14.3. The van der Waals surface area contributed by atoms with E-state index < -0.39 is 0 Å². The van der Waals surface area contributed by atoms with Crippen LogP contribution in [0, 0.1) is 0 Å². The summed E-state index contributed by atoms with van der Waals surface area (Å²) in [6.45, 7) is 11.3. The van der Waals surface area contributed by atoms with Gasteiger partial charge in [-0.3, -0.25) is 4.90 Å². The Morgan fingerprint density at radius 3 is 2.37 bits per heavy atom. The van der Waals surface area contributed by atoms with Gasteiger partial charge in [0.25, 0.3) is 0 Å². The lowest BCUT2D eigenvalue weighted by Gasteiger charge is -2.26. The van der Waals surface area contributed by atoms with Crippen molar-refractivity contribution in [2.24, 2.45) is 0 Å². The van der Waals surface area contributed by atoms with Crippen LogP contribution in [-0.4, -0.2) is 72.5 Å². The molecule has 4 nitrogen and oxygen atoms in total. The number of rotatable bonds is 8. The number of nitrogens with zero attached hydrogens (tertiary/aromatic N) is 1. The molecule has 0 aromatic carbocycles. The van der Waals surface area contributed by atoms with Gasteiger partial charge in [-0.15, -0.1) is 0 Å². The number of ether oxygens (including phenoxy) is 3. The Morgan fingerprint density at radius 2 is 1.84 bits per heavy atom. The second kappa shape index (κ2) is 14.3. The molecule has 0 amide bonds. The summed E-state index contributed by atoms with van der Waals surface area (Å²) < 4.78 is 15.5. The van der Waals surface area contributed by atoms with E-state index in [0.29, 0.717) is 19.0 Å². The minimum Gasteiger partial charge on any atom is -0.382 e. The molecule has 1 fully saturated rings. The third-order valence-electron chi connectivity index (χ3n) is 2.94. The Kier molecular flexibility index (Phi) is 14.2. The molecule has 1 heterocycles. The molecule has 1 aliphatic rings. The first kappa shape index (κ1) is 18.9. The van der Waals surface area contributed by atoms with Gasteiger partial charge in [-0.25, -0.2) is 0 Å². The lowest BCUT2D eigenvalue weighted by atomic mass is 9.88. The third kappa shape index (κ3) is 14.1. The van der Waals surface area contributed by atoms with E-state index in [1.807, 2.05) is 6.92 Å². The van der Waals surface area contributed by atoms with Crippen LogP contribution >= 0.6 is 0 Å². The van der Waals surface area contributed by atoms with E-state index >= 15 is 0 Å². The summed E-state index contributed by atoms with van der Waals surface area (Å²) in [5, 5.41) is 0. The van der Waals surface area contributed by atoms with Crippen molar-refractivity contribution in [3.05, 3.63) is 0 Å². The fraction of sp³-hybridized carbons (Fsp3) is 1.00. The van der Waals surface area contributed by atoms with Crippen molar-refractivity contribution in [1.29, 1.82) is 0 Å². The first-order valence-electron chi connectivity index (χ1n) is 7.33. The van der Waals surface area contributed by atoms with E-state index in [1.165, 1.54) is 0 Å². The largest absolute Gasteiger partial charge is 0.382 e. The Balaban J connectivity index is 0.000000555. The average Bonchev–Trinajstić information content (AvgIpc) is 2.44. The highest BCUT2D eigenvalue weighted by atomic mass is 16.5. The predicted octanol–water partition coefficient (Wildman–Crippen LogP) is 1.74. The summed E-state index contributed by atoms with van der Waals surface area (Å²) in [4.78, 5) is 2.42. The van der Waals surface area contributed by atoms with Crippen molar-refractivity contribution < 1.29 is 14.2 Å². The van der Waals surface area contributed by atoms with Crippen LogP contribution in [0.2, 0.25) is 5.82 Å². The van der Waals surface area contributed by atoms with Crippen molar-refractivity contribution >= 4 is 7.85 Å². The molecule has 0 spiro atoms. The summed E-state index contributed by atoms with van der Waals surface area (Å²) in [7, 11) is 6.98. The highest BCUT2D eigenvalue weighted by molar-refractivity contribution is 6.11. The Bertz CT molecular complexity index is 176. The number of hydrogen-bond acceptors (Lipinski definition) is 4. The molecule has 0 saturated carbocycles. The van der Waals surface area contributed by atoms with Crippen LogP contribution in [0.1, 0.15) is 26.7 Å². The van der Waals surface area contributed by atoms with Crippen LogP contribution in [-0.2, 0) is 14.2 Å². The number of methoxy groups -OCH3 is 1. The summed E-state index contributed by atoms with van der Waals surface area (Å²) in [6, 6.07) is 0. The van der Waals surface area contributed by atoms with Crippen LogP contribution in [0.5, 0.6) is 0 Å². The van der Waals surface area contributed by atoms with Gasteiger partial charge in [-0.1, -0.05) is 26.1 Å². The van der Waals surface area contributed by atoms with Crippen LogP contribution < -0.4 is 0 Å². The first-order chi connectivity index (χ1) is 9.20. The Labute approximate surface area is 120 Å². The maximum absolute atomic E-state index is 5.38. The van der Waals surface area contributed by atoms with Crippen molar-refractivity contribution in [3.63, 3.8) is 0 Å². The quantitative estimate of drug-likeness (QED) is 0.497. The maximum atomic E-state index is 5.38. The molecule has 1 unspecified atom stereocenters. The van der Waals surface area contributed by atoms with Gasteiger partial charge in [0.1, 0.15) is 0 Å². The van der Waals surface area contributed by atoms with Gasteiger partial charge in [-0.2, -0.15) is 0 Å². The van der Waals surface area contributed by atoms with Crippen LogP contribution in [0.4, 0.5) is 0 Å². The lowest BCUT2D eigenvalue weighted by Crippen LogP contribution is -2.37. The zero-order valence-corrected chi connectivity index (χ0v) is 12.9. The van der Waals surface area contributed by atoms with Crippen LogP contribution in [0.3, 0.4) is 0 Å². The molecular formula is C14H30BNO3. The molecule has 112 valence electrons. The first-order valence-corrected chi connectivity index (χ1v) is 7.33. The SMILES string of the molecule is COCCOCCCN1CCOCC1.[B]C(C)CC. The van der Waals surface area contributed by atoms with Gasteiger partial charge in [-0.05, 0) is 6.42 Å². The molecule has 0 bridgehead atoms. The number of hydrogen-bond donors (Lipinski definition) is 0. The minimum absolute atomic E-state index is 0.384. The fourth-order valence-corrected chi connectivity index (χ4v) is 1.46. The predicted molar refractivity (Wildman–Crippen MR) is 80.0 cm³/mol. The topological polar surface area (TPSA) is 30.9 Å². The molecule has 0 aliphatic carbocycles. The summed E-state index contributed by atoms with van der Waals surface area (Å²) >= 11 is 0. The molecule has 5 heteroatoms. The van der Waals surface area contributed by atoms with Gasteiger partial charge >= 0.3 is 0 Å². The second-order valence-corrected chi connectivity index (χ2v) is 4.80. The Morgan fingerprint density at radius 1 is 1.21 bits per heavy atom. The van der Waals surface area contributed by atoms with E-state index in [2.05, 4.69) is 11.8 Å². The highest BCUT2D eigenvalue weighted by Gasteiger charge is 2.08. The minimum atomic E-state index is 0.384. The fourth-order valence-electron chi connectivity index (χ4n) is 1.46. The van der Waals surface area contributed by atoms with E-state index in [1.54, 1.807) is 7.11 Å². The van der Waals surface area contributed by atoms with Crippen molar-refractivity contribution in [3.8, 4) is 0 Å². The highest BCUT2D eigenvalue weighted by Crippen LogP contribution is 1.98. The maximum Gasteiger partial charge on any atom is 0.0700 e. The standard InChI is InChI=1S/C10H21NO3.C4H9B/c1-12-9-10-13-6-2-3-11-4-7-14-8-5-11;1-3-4(2)5/h2-10H2,1H3;4H,3H2,1-2H3. The normalized spacial score (nSPS) is 17.6. The molecular weight excluding hydrogens is 241 g/mol. The third-order valence-corrected chi connectivity index (χ3v) is 2.94. The number of morpholine rings is 1. The van der Waals surface area contributed by atoms with E-state index in [4.69, 9.17) is 22.1 Å². The molecule has 1 aliphatic heterocycles. The molecule has 19 heavy (non-hydrogen) atoms. The zero-order valence-electron chi connectivity index (χ0n) is 12.9. The monoisotopic (exact) mass is 271 g/mol. The lowest BCUT2D eigenvalue weighted by molar-refractivity contribution is 0.0279. The van der Waals surface area contributed by atoms with Gasteiger partial charge in [0, 0.05) is 33.4 Å². The summed E-state index contributed by atoms with van der Waals surface area (Å²) in [6.07, 6.45) is 2.18. The van der Waals surface area contributed by atoms with Crippen molar-refractivity contribution in [1.82, 2.24) is 4.90 Å². The van der Waals surface area contributed by atoms with Gasteiger partial charge in [0.15, 0.2) is 0 Å². The van der Waals surface area contributed by atoms with Crippen LogP contribution in [0.15, 0.2) is 0 Å².